The van der Waals surface area contributed by atoms with E-state index < -0.39 is 21.7 Å². The predicted molar refractivity (Wildman–Crippen MR) is 98.7 cm³/mol. The highest BCUT2D eigenvalue weighted by atomic mass is 32.2. The molecular weight excluding hydrogens is 352 g/mol. The van der Waals surface area contributed by atoms with E-state index in [-0.39, 0.29) is 5.56 Å². The van der Waals surface area contributed by atoms with Crippen LogP contribution in [-0.4, -0.2) is 21.4 Å². The summed E-state index contributed by atoms with van der Waals surface area (Å²) in [6.45, 7) is 1.90. The fourth-order valence-electron chi connectivity index (χ4n) is 2.33. The Labute approximate surface area is 152 Å². The Morgan fingerprint density at radius 3 is 2.69 bits per heavy atom. The van der Waals surface area contributed by atoms with E-state index in [1.165, 1.54) is 25.3 Å². The zero-order chi connectivity index (χ0) is 19.2. The van der Waals surface area contributed by atoms with Crippen molar-refractivity contribution in [3.05, 3.63) is 70.8 Å². The van der Waals surface area contributed by atoms with E-state index in [9.17, 15) is 13.2 Å². The summed E-state index contributed by atoms with van der Waals surface area (Å²) in [5, 5.41) is 9.02. The van der Waals surface area contributed by atoms with Crippen molar-refractivity contribution in [2.75, 3.05) is 7.11 Å². The van der Waals surface area contributed by atoms with Gasteiger partial charge in [-0.25, -0.2) is 13.1 Å². The summed E-state index contributed by atoms with van der Waals surface area (Å²) in [7, 11) is -2.41. The summed E-state index contributed by atoms with van der Waals surface area (Å²) in [5.41, 5.74) is 2.23. The quantitative estimate of drug-likeness (QED) is 0.788. The number of nitrogens with zero attached hydrogens (tertiary/aromatic N) is 1. The number of aryl methyl sites for hydroxylation is 1. The molecule has 0 spiro atoms. The van der Waals surface area contributed by atoms with Crippen LogP contribution in [-0.2, 0) is 20.6 Å². The van der Waals surface area contributed by atoms with E-state index in [0.717, 1.165) is 11.6 Å². The van der Waals surface area contributed by atoms with Crippen molar-refractivity contribution < 1.29 is 17.9 Å². The molecular formula is C19H18N2O4S. The molecule has 0 saturated heterocycles. The van der Waals surface area contributed by atoms with Gasteiger partial charge in [0.15, 0.2) is 0 Å². The number of amides is 1. The number of sulfonamides is 1. The number of hydrogen-bond donors (Lipinski definition) is 1. The standard InChI is InChI=1S/C19H18N2O4S/c1-14-7-9-18(25-2)15(11-14)8-10-19(22)21-26(23,24)13-17-6-4-3-5-16(17)12-20/h3-11H,13H2,1-2H3,(H,21,22)/b10-8+. The van der Waals surface area contributed by atoms with Crippen LogP contribution in [0.25, 0.3) is 6.08 Å². The molecule has 0 fully saturated rings. The monoisotopic (exact) mass is 370 g/mol. The Morgan fingerprint density at radius 1 is 1.27 bits per heavy atom. The molecule has 0 aliphatic heterocycles. The predicted octanol–water partition coefficient (Wildman–Crippen LogP) is 2.53. The highest BCUT2D eigenvalue weighted by Crippen LogP contribution is 2.21. The van der Waals surface area contributed by atoms with Crippen molar-refractivity contribution in [1.82, 2.24) is 4.72 Å². The van der Waals surface area contributed by atoms with Crippen molar-refractivity contribution in [3.8, 4) is 11.8 Å². The van der Waals surface area contributed by atoms with Crippen molar-refractivity contribution in [1.29, 1.82) is 5.26 Å². The van der Waals surface area contributed by atoms with E-state index in [4.69, 9.17) is 10.00 Å². The van der Waals surface area contributed by atoms with Crippen molar-refractivity contribution in [3.63, 3.8) is 0 Å². The van der Waals surface area contributed by atoms with Crippen LogP contribution in [0.4, 0.5) is 0 Å². The van der Waals surface area contributed by atoms with Crippen molar-refractivity contribution in [2.45, 2.75) is 12.7 Å². The third-order valence-corrected chi connectivity index (χ3v) is 4.74. The largest absolute Gasteiger partial charge is 0.496 e. The second-order valence-corrected chi connectivity index (χ2v) is 7.30. The van der Waals surface area contributed by atoms with Gasteiger partial charge < -0.3 is 4.74 Å². The second kappa shape index (κ2) is 8.32. The van der Waals surface area contributed by atoms with Crippen LogP contribution in [0.5, 0.6) is 5.75 Å². The first-order valence-corrected chi connectivity index (χ1v) is 9.35. The fraction of sp³-hybridized carbons (Fsp3) is 0.158. The van der Waals surface area contributed by atoms with Crippen LogP contribution in [0, 0.1) is 18.3 Å². The number of methoxy groups -OCH3 is 1. The second-order valence-electron chi connectivity index (χ2n) is 5.57. The average molecular weight is 370 g/mol. The molecule has 0 aliphatic rings. The van der Waals surface area contributed by atoms with Gasteiger partial charge in [-0.3, -0.25) is 4.79 Å². The maximum absolute atomic E-state index is 12.2. The van der Waals surface area contributed by atoms with Crippen LogP contribution in [0.1, 0.15) is 22.3 Å². The minimum Gasteiger partial charge on any atom is -0.496 e. The molecule has 0 unspecified atom stereocenters. The lowest BCUT2D eigenvalue weighted by molar-refractivity contribution is -0.114. The van der Waals surface area contributed by atoms with Gasteiger partial charge in [0.2, 0.25) is 10.0 Å². The molecule has 0 saturated carbocycles. The molecule has 26 heavy (non-hydrogen) atoms. The van der Waals surface area contributed by atoms with Gasteiger partial charge in [-0.15, -0.1) is 0 Å². The summed E-state index contributed by atoms with van der Waals surface area (Å²) >= 11 is 0. The van der Waals surface area contributed by atoms with Crippen LogP contribution in [0.2, 0.25) is 0 Å². The number of benzene rings is 2. The lowest BCUT2D eigenvalue weighted by Gasteiger charge is -2.07. The van der Waals surface area contributed by atoms with Crippen LogP contribution in [0.3, 0.4) is 0 Å². The number of rotatable bonds is 6. The number of carbonyl (C=O) groups excluding carboxylic acids is 1. The summed E-state index contributed by atoms with van der Waals surface area (Å²) in [6, 6.07) is 13.7. The van der Waals surface area contributed by atoms with E-state index in [1.807, 2.05) is 29.8 Å². The van der Waals surface area contributed by atoms with Gasteiger partial charge >= 0.3 is 0 Å². The molecule has 2 aromatic carbocycles. The summed E-state index contributed by atoms with van der Waals surface area (Å²) in [5.74, 6) is -0.655. The van der Waals surface area contributed by atoms with Crippen LogP contribution in [0.15, 0.2) is 48.5 Å². The molecule has 6 nitrogen and oxygen atoms in total. The topological polar surface area (TPSA) is 96.3 Å². The first-order valence-electron chi connectivity index (χ1n) is 7.70. The highest BCUT2D eigenvalue weighted by Gasteiger charge is 2.16. The minimum atomic E-state index is -3.93. The Morgan fingerprint density at radius 2 is 2.00 bits per heavy atom. The number of ether oxygens (including phenoxy) is 1. The maximum Gasteiger partial charge on any atom is 0.257 e. The Hall–Kier alpha value is -3.11. The molecule has 134 valence electrons. The third-order valence-electron chi connectivity index (χ3n) is 3.54. The van der Waals surface area contributed by atoms with E-state index in [0.29, 0.717) is 16.9 Å². The van der Waals surface area contributed by atoms with Gasteiger partial charge in [0.05, 0.1) is 24.5 Å². The average Bonchev–Trinajstić information content (AvgIpc) is 2.59. The van der Waals surface area contributed by atoms with Crippen molar-refractivity contribution >= 4 is 22.0 Å². The van der Waals surface area contributed by atoms with Gasteiger partial charge in [0.25, 0.3) is 5.91 Å². The number of nitriles is 1. The molecule has 2 rings (SSSR count). The lowest BCUT2D eigenvalue weighted by atomic mass is 10.1. The molecule has 1 amide bonds. The minimum absolute atomic E-state index is 0.255. The fourth-order valence-corrected chi connectivity index (χ4v) is 3.44. The summed E-state index contributed by atoms with van der Waals surface area (Å²) in [6.07, 6.45) is 2.62. The summed E-state index contributed by atoms with van der Waals surface area (Å²) in [4.78, 5) is 12.0. The first kappa shape index (κ1) is 19.2. The van der Waals surface area contributed by atoms with Gasteiger partial charge in [-0.2, -0.15) is 5.26 Å². The highest BCUT2D eigenvalue weighted by molar-refractivity contribution is 7.89. The number of nitrogens with one attached hydrogen (secondary N) is 1. The van der Waals surface area contributed by atoms with Gasteiger partial charge in [-0.05, 0) is 36.8 Å². The van der Waals surface area contributed by atoms with Crippen LogP contribution < -0.4 is 9.46 Å². The van der Waals surface area contributed by atoms with Crippen molar-refractivity contribution in [2.24, 2.45) is 0 Å². The molecule has 0 bridgehead atoms. The molecule has 0 heterocycles. The molecule has 0 aliphatic carbocycles. The maximum atomic E-state index is 12.2. The normalized spacial score (nSPS) is 11.1. The zero-order valence-corrected chi connectivity index (χ0v) is 15.2. The van der Waals surface area contributed by atoms with Gasteiger partial charge in [0.1, 0.15) is 5.75 Å². The van der Waals surface area contributed by atoms with E-state index in [1.54, 1.807) is 18.2 Å². The molecule has 0 atom stereocenters. The lowest BCUT2D eigenvalue weighted by Crippen LogP contribution is -2.30. The van der Waals surface area contributed by atoms with Gasteiger partial charge in [-0.1, -0.05) is 29.8 Å². The molecule has 0 aromatic heterocycles. The van der Waals surface area contributed by atoms with E-state index >= 15 is 0 Å². The zero-order valence-electron chi connectivity index (χ0n) is 14.4. The number of hydrogen-bond acceptors (Lipinski definition) is 5. The third kappa shape index (κ3) is 5.19. The Bertz CT molecular complexity index is 989. The summed E-state index contributed by atoms with van der Waals surface area (Å²) < 4.78 is 31.5. The number of carbonyl (C=O) groups is 1. The SMILES string of the molecule is COc1ccc(C)cc1/C=C/C(=O)NS(=O)(=O)Cc1ccccc1C#N. The molecule has 1 N–H and O–H groups in total. The van der Waals surface area contributed by atoms with Crippen LogP contribution >= 0.6 is 0 Å². The Kier molecular flexibility index (Phi) is 6.15. The van der Waals surface area contributed by atoms with Gasteiger partial charge in [0, 0.05) is 11.6 Å². The molecule has 0 radical (unpaired) electrons. The molecule has 2 aromatic rings. The van der Waals surface area contributed by atoms with E-state index in [2.05, 4.69) is 0 Å². The molecule has 7 heteroatoms. The Balaban J connectivity index is 2.12. The first-order chi connectivity index (χ1) is 12.3. The smallest absolute Gasteiger partial charge is 0.257 e.